The smallest absolute Gasteiger partial charge is 0.0496 e. The van der Waals surface area contributed by atoms with Gasteiger partial charge in [0.15, 0.2) is 0 Å². The lowest BCUT2D eigenvalue weighted by molar-refractivity contribution is 0.117. The van der Waals surface area contributed by atoms with Crippen LogP contribution in [0.4, 0.5) is 0 Å². The molecule has 1 aromatic carbocycles. The van der Waals surface area contributed by atoms with Crippen LogP contribution >= 0.6 is 0 Å². The molecule has 1 saturated heterocycles. The molecule has 0 amide bonds. The monoisotopic (exact) mass is 260 g/mol. The zero-order chi connectivity index (χ0) is 13.8. The Hall–Kier alpha value is -0.860. The van der Waals surface area contributed by atoms with Gasteiger partial charge in [-0.3, -0.25) is 4.90 Å². The molecular weight excluding hydrogens is 232 g/mol. The molecule has 1 aliphatic rings. The summed E-state index contributed by atoms with van der Waals surface area (Å²) in [7, 11) is 0. The van der Waals surface area contributed by atoms with Gasteiger partial charge in [-0.05, 0) is 51.3 Å². The van der Waals surface area contributed by atoms with Crippen LogP contribution in [0.15, 0.2) is 24.3 Å². The second-order valence-electron chi connectivity index (χ2n) is 6.10. The Labute approximate surface area is 118 Å². The predicted octanol–water partition coefficient (Wildman–Crippen LogP) is 3.51. The first-order valence-corrected chi connectivity index (χ1v) is 7.68. The third-order valence-electron chi connectivity index (χ3n) is 4.54. The maximum absolute atomic E-state index is 6.26. The number of rotatable bonds is 4. The van der Waals surface area contributed by atoms with Crippen LogP contribution in [0.5, 0.6) is 0 Å². The number of hydrogen-bond acceptors (Lipinski definition) is 2. The maximum atomic E-state index is 6.26. The molecule has 2 rings (SSSR count). The largest absolute Gasteiger partial charge is 0.326 e. The van der Waals surface area contributed by atoms with E-state index in [1.807, 2.05) is 0 Å². The van der Waals surface area contributed by atoms with Gasteiger partial charge in [-0.1, -0.05) is 43.2 Å². The Morgan fingerprint density at radius 1 is 1.21 bits per heavy atom. The fraction of sp³-hybridized carbons (Fsp3) is 0.647. The van der Waals surface area contributed by atoms with E-state index in [0.29, 0.717) is 6.04 Å². The Morgan fingerprint density at radius 3 is 2.26 bits per heavy atom. The van der Waals surface area contributed by atoms with E-state index in [4.69, 9.17) is 5.73 Å². The van der Waals surface area contributed by atoms with E-state index in [9.17, 15) is 0 Å². The van der Waals surface area contributed by atoms with Crippen molar-refractivity contribution in [3.63, 3.8) is 0 Å². The summed E-state index contributed by atoms with van der Waals surface area (Å²) >= 11 is 0. The quantitative estimate of drug-likeness (QED) is 0.897. The second-order valence-corrected chi connectivity index (χ2v) is 6.10. The Balaban J connectivity index is 2.10. The molecule has 0 radical (unpaired) electrons. The fourth-order valence-electron chi connectivity index (χ4n) is 3.25. The van der Waals surface area contributed by atoms with Crippen molar-refractivity contribution >= 4 is 0 Å². The Bertz CT molecular complexity index is 375. The van der Waals surface area contributed by atoms with Gasteiger partial charge in [-0.2, -0.15) is 0 Å². The van der Waals surface area contributed by atoms with Gasteiger partial charge in [0.1, 0.15) is 0 Å². The van der Waals surface area contributed by atoms with Gasteiger partial charge < -0.3 is 5.73 Å². The predicted molar refractivity (Wildman–Crippen MR) is 82.2 cm³/mol. The average molecular weight is 260 g/mol. The minimum absolute atomic E-state index is 0.181. The first kappa shape index (κ1) is 14.5. The van der Waals surface area contributed by atoms with Crippen molar-refractivity contribution in [1.82, 2.24) is 4.90 Å². The summed E-state index contributed by atoms with van der Waals surface area (Å²) < 4.78 is 0. The van der Waals surface area contributed by atoms with Crippen molar-refractivity contribution in [2.24, 2.45) is 11.7 Å². The van der Waals surface area contributed by atoms with Crippen molar-refractivity contribution in [3.8, 4) is 0 Å². The summed E-state index contributed by atoms with van der Waals surface area (Å²) in [6.07, 6.45) is 3.97. The molecule has 1 fully saturated rings. The molecule has 2 nitrogen and oxygen atoms in total. The molecule has 0 bridgehead atoms. The van der Waals surface area contributed by atoms with E-state index in [-0.39, 0.29) is 6.04 Å². The molecular formula is C17H28N2. The minimum atomic E-state index is 0.181. The molecule has 1 heterocycles. The van der Waals surface area contributed by atoms with Crippen LogP contribution in [0, 0.1) is 12.8 Å². The number of benzene rings is 1. The summed E-state index contributed by atoms with van der Waals surface area (Å²) in [4.78, 5) is 2.58. The zero-order valence-corrected chi connectivity index (χ0v) is 12.6. The molecule has 2 unspecified atom stereocenters. The highest BCUT2D eigenvalue weighted by atomic mass is 15.2. The summed E-state index contributed by atoms with van der Waals surface area (Å²) in [5.41, 5.74) is 8.95. The summed E-state index contributed by atoms with van der Waals surface area (Å²) in [5.74, 6) is 0.919. The van der Waals surface area contributed by atoms with Crippen LogP contribution in [-0.4, -0.2) is 24.0 Å². The minimum Gasteiger partial charge on any atom is -0.326 e. The molecule has 0 aromatic heterocycles. The molecule has 2 atom stereocenters. The number of likely N-dealkylation sites (tertiary alicyclic amines) is 1. The zero-order valence-electron chi connectivity index (χ0n) is 12.6. The van der Waals surface area contributed by atoms with Crippen LogP contribution < -0.4 is 5.73 Å². The van der Waals surface area contributed by atoms with Crippen LogP contribution in [-0.2, 0) is 0 Å². The molecule has 1 aromatic rings. The van der Waals surface area contributed by atoms with Gasteiger partial charge >= 0.3 is 0 Å². The van der Waals surface area contributed by atoms with Gasteiger partial charge in [0.25, 0.3) is 0 Å². The second kappa shape index (κ2) is 6.53. The lowest BCUT2D eigenvalue weighted by Gasteiger charge is -2.39. The Kier molecular flexibility index (Phi) is 5.00. The van der Waals surface area contributed by atoms with Gasteiger partial charge in [-0.15, -0.1) is 0 Å². The molecule has 1 aliphatic heterocycles. The molecule has 2 N–H and O–H groups in total. The van der Waals surface area contributed by atoms with E-state index in [0.717, 1.165) is 5.92 Å². The fourth-order valence-corrected chi connectivity index (χ4v) is 3.25. The first-order valence-electron chi connectivity index (χ1n) is 7.68. The van der Waals surface area contributed by atoms with Crippen molar-refractivity contribution in [1.29, 1.82) is 0 Å². The summed E-state index contributed by atoms with van der Waals surface area (Å²) in [6, 6.07) is 9.44. The number of aryl methyl sites for hydroxylation is 1. The van der Waals surface area contributed by atoms with Crippen molar-refractivity contribution in [2.75, 3.05) is 13.1 Å². The van der Waals surface area contributed by atoms with Crippen LogP contribution in [0.25, 0.3) is 0 Å². The summed E-state index contributed by atoms with van der Waals surface area (Å²) in [6.45, 7) is 8.97. The number of nitrogens with two attached hydrogens (primary N) is 1. The van der Waals surface area contributed by atoms with Crippen molar-refractivity contribution in [3.05, 3.63) is 35.4 Å². The molecule has 0 spiro atoms. The highest BCUT2D eigenvalue weighted by Gasteiger charge is 2.27. The van der Waals surface area contributed by atoms with Gasteiger partial charge in [0.2, 0.25) is 0 Å². The number of nitrogens with zero attached hydrogens (tertiary/aromatic N) is 1. The molecule has 106 valence electrons. The molecule has 0 saturated carbocycles. The van der Waals surface area contributed by atoms with Crippen LogP contribution in [0.2, 0.25) is 0 Å². The third kappa shape index (κ3) is 3.58. The molecule has 2 heteroatoms. The van der Waals surface area contributed by atoms with Crippen LogP contribution in [0.1, 0.15) is 50.3 Å². The van der Waals surface area contributed by atoms with Crippen LogP contribution in [0.3, 0.4) is 0 Å². The average Bonchev–Trinajstić information content (AvgIpc) is 2.42. The van der Waals surface area contributed by atoms with E-state index < -0.39 is 0 Å². The highest BCUT2D eigenvalue weighted by molar-refractivity contribution is 5.25. The van der Waals surface area contributed by atoms with E-state index in [1.165, 1.54) is 43.5 Å². The number of piperidine rings is 1. The lowest BCUT2D eigenvalue weighted by Crippen LogP contribution is -2.43. The van der Waals surface area contributed by atoms with Gasteiger partial charge in [0.05, 0.1) is 0 Å². The van der Waals surface area contributed by atoms with E-state index in [2.05, 4.69) is 49.9 Å². The maximum Gasteiger partial charge on any atom is 0.0496 e. The molecule has 0 aliphatic carbocycles. The highest BCUT2D eigenvalue weighted by Crippen LogP contribution is 2.29. The van der Waals surface area contributed by atoms with E-state index in [1.54, 1.807) is 0 Å². The van der Waals surface area contributed by atoms with Gasteiger partial charge in [0, 0.05) is 12.1 Å². The van der Waals surface area contributed by atoms with Crippen molar-refractivity contribution in [2.45, 2.75) is 52.1 Å². The van der Waals surface area contributed by atoms with Crippen molar-refractivity contribution < 1.29 is 0 Å². The SMILES string of the molecule is CCC1CCN(C(c2ccc(C)cc2)C(C)N)CC1. The topological polar surface area (TPSA) is 29.3 Å². The third-order valence-corrected chi connectivity index (χ3v) is 4.54. The summed E-state index contributed by atoms with van der Waals surface area (Å²) in [5, 5.41) is 0. The number of hydrogen-bond donors (Lipinski definition) is 1. The molecule has 19 heavy (non-hydrogen) atoms. The Morgan fingerprint density at radius 2 is 1.79 bits per heavy atom. The standard InChI is InChI=1S/C17H28N2/c1-4-15-9-11-19(12-10-15)17(14(3)18)16-7-5-13(2)6-8-16/h5-8,14-15,17H,4,9-12,18H2,1-3H3. The first-order chi connectivity index (χ1) is 9.11. The lowest BCUT2D eigenvalue weighted by atomic mass is 9.90. The normalized spacial score (nSPS) is 21.3. The van der Waals surface area contributed by atoms with Gasteiger partial charge in [-0.25, -0.2) is 0 Å². The van der Waals surface area contributed by atoms with E-state index >= 15 is 0 Å².